The molecule has 0 aliphatic carbocycles. The van der Waals surface area contributed by atoms with E-state index in [2.05, 4.69) is 17.6 Å². The molecule has 0 saturated heterocycles. The quantitative estimate of drug-likeness (QED) is 0.180. The smallest absolute Gasteiger partial charge is 0.253 e. The maximum Gasteiger partial charge on any atom is 0.253 e. The van der Waals surface area contributed by atoms with Crippen molar-refractivity contribution in [1.82, 2.24) is 10.6 Å². The van der Waals surface area contributed by atoms with Crippen LogP contribution in [0.25, 0.3) is 0 Å². The number of unbranched alkanes of at least 4 members (excludes halogenated alkanes) is 5. The Kier molecular flexibility index (Phi) is 11.2. The summed E-state index contributed by atoms with van der Waals surface area (Å²) in [5.41, 5.74) is 3.67. The van der Waals surface area contributed by atoms with E-state index in [9.17, 15) is 9.59 Å². The molecule has 0 spiro atoms. The van der Waals surface area contributed by atoms with Gasteiger partial charge in [-0.1, -0.05) is 80.5 Å². The van der Waals surface area contributed by atoms with Crippen LogP contribution in [0.15, 0.2) is 66.7 Å². The van der Waals surface area contributed by atoms with Crippen LogP contribution >= 0.6 is 0 Å². The minimum atomic E-state index is -0.780. The highest BCUT2D eigenvalue weighted by Gasteiger charge is 2.21. The normalized spacial score (nSPS) is 10.8. The Morgan fingerprint density at radius 1 is 0.737 bits per heavy atom. The monoisotopic (exact) mass is 516 g/mol. The van der Waals surface area contributed by atoms with Crippen molar-refractivity contribution in [3.05, 3.63) is 94.5 Å². The lowest BCUT2D eigenvalue weighted by Gasteiger charge is -2.22. The fourth-order valence-corrected chi connectivity index (χ4v) is 4.25. The lowest BCUT2D eigenvalue weighted by atomic mass is 10.1. The van der Waals surface area contributed by atoms with Gasteiger partial charge in [0.1, 0.15) is 6.17 Å². The van der Waals surface area contributed by atoms with Crippen LogP contribution in [0.4, 0.5) is 0 Å². The molecule has 3 aromatic carbocycles. The molecule has 0 saturated carbocycles. The van der Waals surface area contributed by atoms with E-state index in [1.54, 1.807) is 25.3 Å². The van der Waals surface area contributed by atoms with Gasteiger partial charge in [0.15, 0.2) is 11.5 Å². The van der Waals surface area contributed by atoms with Crippen molar-refractivity contribution in [1.29, 1.82) is 0 Å². The zero-order valence-electron chi connectivity index (χ0n) is 23.0. The summed E-state index contributed by atoms with van der Waals surface area (Å²) in [5.74, 6) is 0.614. The minimum absolute atomic E-state index is 0.286. The van der Waals surface area contributed by atoms with Crippen LogP contribution < -0.4 is 20.1 Å². The third kappa shape index (κ3) is 8.65. The van der Waals surface area contributed by atoms with Crippen molar-refractivity contribution >= 4 is 11.8 Å². The molecule has 3 aromatic rings. The molecule has 6 nitrogen and oxygen atoms in total. The van der Waals surface area contributed by atoms with Crippen molar-refractivity contribution in [3.8, 4) is 11.5 Å². The number of rotatable bonds is 14. The Balaban J connectivity index is 1.77. The number of aryl methyl sites for hydroxylation is 2. The maximum absolute atomic E-state index is 13.1. The molecule has 0 radical (unpaired) electrons. The molecule has 0 aromatic heterocycles. The fraction of sp³-hybridized carbons (Fsp3) is 0.375. The Hall–Kier alpha value is -3.80. The lowest BCUT2D eigenvalue weighted by Crippen LogP contribution is -2.41. The van der Waals surface area contributed by atoms with Crippen LogP contribution in [0.5, 0.6) is 11.5 Å². The molecule has 202 valence electrons. The van der Waals surface area contributed by atoms with Crippen molar-refractivity contribution in [2.75, 3.05) is 13.7 Å². The number of carbonyl (C=O) groups is 2. The standard InChI is InChI=1S/C32H40N2O4/c1-5-6-7-8-9-10-19-38-28-18-17-25(22-29(28)37-4)30(33-31(35)26-15-11-13-23(2)20-26)34-32(36)27-16-12-14-24(3)21-27/h11-18,20-22,30H,5-10,19H2,1-4H3,(H,33,35)(H,34,36). The predicted octanol–water partition coefficient (Wildman–Crippen LogP) is 6.91. The van der Waals surface area contributed by atoms with Crippen LogP contribution in [0.3, 0.4) is 0 Å². The highest BCUT2D eigenvalue weighted by atomic mass is 16.5. The number of methoxy groups -OCH3 is 1. The summed E-state index contributed by atoms with van der Waals surface area (Å²) in [4.78, 5) is 26.2. The number of hydrogen-bond donors (Lipinski definition) is 2. The molecule has 0 bridgehead atoms. The van der Waals surface area contributed by atoms with E-state index < -0.39 is 6.17 Å². The molecule has 6 heteroatoms. The number of ether oxygens (including phenoxy) is 2. The number of amides is 2. The van der Waals surface area contributed by atoms with Gasteiger partial charge in [0, 0.05) is 11.1 Å². The van der Waals surface area contributed by atoms with Gasteiger partial charge in [-0.3, -0.25) is 9.59 Å². The van der Waals surface area contributed by atoms with Gasteiger partial charge < -0.3 is 20.1 Å². The third-order valence-electron chi connectivity index (χ3n) is 6.39. The molecule has 0 aliphatic heterocycles. The molecule has 0 heterocycles. The average molecular weight is 517 g/mol. The first-order chi connectivity index (χ1) is 18.4. The van der Waals surface area contributed by atoms with Gasteiger partial charge >= 0.3 is 0 Å². The summed E-state index contributed by atoms with van der Waals surface area (Å²) in [6, 6.07) is 20.1. The summed E-state index contributed by atoms with van der Waals surface area (Å²) in [7, 11) is 1.59. The first kappa shape index (κ1) is 28.8. The van der Waals surface area contributed by atoms with E-state index >= 15 is 0 Å². The summed E-state index contributed by atoms with van der Waals surface area (Å²) < 4.78 is 11.6. The van der Waals surface area contributed by atoms with E-state index in [4.69, 9.17) is 9.47 Å². The summed E-state index contributed by atoms with van der Waals surface area (Å²) >= 11 is 0. The zero-order valence-corrected chi connectivity index (χ0v) is 23.0. The molecule has 38 heavy (non-hydrogen) atoms. The largest absolute Gasteiger partial charge is 0.493 e. The van der Waals surface area contributed by atoms with Crippen LogP contribution in [0, 0.1) is 13.8 Å². The lowest BCUT2D eigenvalue weighted by molar-refractivity contribution is 0.0883. The van der Waals surface area contributed by atoms with Crippen LogP contribution in [-0.2, 0) is 0 Å². The van der Waals surface area contributed by atoms with E-state index in [0.717, 1.165) is 24.0 Å². The second-order valence-electron chi connectivity index (χ2n) is 9.65. The number of nitrogens with one attached hydrogen (secondary N) is 2. The van der Waals surface area contributed by atoms with Crippen LogP contribution in [0.1, 0.15) is 89.0 Å². The summed E-state index contributed by atoms with van der Waals surface area (Å²) in [6.45, 7) is 6.69. The molecular weight excluding hydrogens is 476 g/mol. The minimum Gasteiger partial charge on any atom is -0.493 e. The van der Waals surface area contributed by atoms with Crippen molar-refractivity contribution < 1.29 is 19.1 Å². The topological polar surface area (TPSA) is 76.7 Å². The van der Waals surface area contributed by atoms with E-state index in [1.807, 2.05) is 62.4 Å². The SMILES string of the molecule is CCCCCCCCOc1ccc(C(NC(=O)c2cccc(C)c2)NC(=O)c2cccc(C)c2)cc1OC. The molecule has 0 atom stereocenters. The molecule has 0 fully saturated rings. The molecular formula is C32H40N2O4. The average Bonchev–Trinajstić information content (AvgIpc) is 2.92. The van der Waals surface area contributed by atoms with Gasteiger partial charge in [-0.2, -0.15) is 0 Å². The van der Waals surface area contributed by atoms with Gasteiger partial charge in [-0.25, -0.2) is 0 Å². The van der Waals surface area contributed by atoms with Crippen molar-refractivity contribution in [3.63, 3.8) is 0 Å². The van der Waals surface area contributed by atoms with Crippen molar-refractivity contribution in [2.45, 2.75) is 65.5 Å². The second kappa shape index (κ2) is 14.8. The molecule has 2 N–H and O–H groups in total. The van der Waals surface area contributed by atoms with Crippen LogP contribution in [0.2, 0.25) is 0 Å². The number of carbonyl (C=O) groups excluding carboxylic acids is 2. The summed E-state index contributed by atoms with van der Waals surface area (Å²) in [5, 5.41) is 5.94. The second-order valence-corrected chi connectivity index (χ2v) is 9.65. The molecule has 0 aliphatic rings. The van der Waals surface area contributed by atoms with E-state index in [0.29, 0.717) is 34.8 Å². The molecule has 0 unspecified atom stereocenters. The maximum atomic E-state index is 13.1. The van der Waals surface area contributed by atoms with Crippen LogP contribution in [-0.4, -0.2) is 25.5 Å². The Morgan fingerprint density at radius 3 is 1.87 bits per heavy atom. The Morgan fingerprint density at radius 2 is 1.32 bits per heavy atom. The zero-order chi connectivity index (χ0) is 27.3. The number of benzene rings is 3. The van der Waals surface area contributed by atoms with Gasteiger partial charge in [0.2, 0.25) is 0 Å². The highest BCUT2D eigenvalue weighted by molar-refractivity contribution is 5.97. The number of hydrogen-bond acceptors (Lipinski definition) is 4. The van der Waals surface area contributed by atoms with Gasteiger partial charge in [-0.05, 0) is 62.2 Å². The fourth-order valence-electron chi connectivity index (χ4n) is 4.25. The van der Waals surface area contributed by atoms with Gasteiger partial charge in [0.05, 0.1) is 13.7 Å². The Labute approximate surface area is 226 Å². The first-order valence-corrected chi connectivity index (χ1v) is 13.5. The predicted molar refractivity (Wildman–Crippen MR) is 152 cm³/mol. The third-order valence-corrected chi connectivity index (χ3v) is 6.39. The first-order valence-electron chi connectivity index (χ1n) is 13.5. The van der Waals surface area contributed by atoms with E-state index in [-0.39, 0.29) is 11.8 Å². The summed E-state index contributed by atoms with van der Waals surface area (Å²) in [6.07, 6.45) is 6.33. The molecule has 2 amide bonds. The van der Waals surface area contributed by atoms with Gasteiger partial charge in [0.25, 0.3) is 11.8 Å². The van der Waals surface area contributed by atoms with E-state index in [1.165, 1.54) is 25.7 Å². The van der Waals surface area contributed by atoms with Crippen molar-refractivity contribution in [2.24, 2.45) is 0 Å². The van der Waals surface area contributed by atoms with Gasteiger partial charge in [-0.15, -0.1) is 0 Å². The molecule has 3 rings (SSSR count). The Bertz CT molecular complexity index is 1150. The highest BCUT2D eigenvalue weighted by Crippen LogP contribution is 2.30.